The van der Waals surface area contributed by atoms with Gasteiger partial charge in [0.15, 0.2) is 10.8 Å². The van der Waals surface area contributed by atoms with Gasteiger partial charge < -0.3 is 19.5 Å². The average molecular weight is 537 g/mol. The maximum atomic E-state index is 13.8. The lowest BCUT2D eigenvalue weighted by atomic mass is 9.95. The van der Waals surface area contributed by atoms with E-state index in [2.05, 4.69) is 24.9 Å². The first-order valence-electron chi connectivity index (χ1n) is 10.8. The number of esters is 1. The third-order valence-corrected chi connectivity index (χ3v) is 7.53. The van der Waals surface area contributed by atoms with Crippen molar-refractivity contribution in [3.63, 3.8) is 0 Å². The van der Waals surface area contributed by atoms with Gasteiger partial charge in [-0.25, -0.2) is 14.2 Å². The molecule has 4 heterocycles. The number of hydrogen-bond donors (Lipinski definition) is 2. The molecule has 2 N–H and O–H groups in total. The Morgan fingerprint density at radius 3 is 3.03 bits per heavy atom. The molecule has 35 heavy (non-hydrogen) atoms. The number of methoxy groups -OCH3 is 1. The number of benzene rings is 1. The minimum Gasteiger partial charge on any atom is -0.466 e. The Labute approximate surface area is 214 Å². The molecule has 1 aromatic heterocycles. The molecule has 0 amide bonds. The lowest BCUT2D eigenvalue weighted by molar-refractivity contribution is -0.136. The minimum atomic E-state index is -0.803. The maximum absolute atomic E-state index is 13.8. The lowest BCUT2D eigenvalue weighted by Crippen LogP contribution is -2.54. The lowest BCUT2D eigenvalue weighted by Gasteiger charge is -2.37. The molecular formula is C22H22ClFN6O3S2. The van der Waals surface area contributed by atoms with Gasteiger partial charge in [0.2, 0.25) is 0 Å². The molecular weight excluding hydrogens is 515 g/mol. The SMILES string of the molecule is COC(=O)C1=C(CN2CCOC[C@H]2C2=NCSN2)NC(c2nccs2)=N[C@H]1c1ccc(F)cc1Cl. The van der Waals surface area contributed by atoms with Gasteiger partial charge in [0.25, 0.3) is 0 Å². The van der Waals surface area contributed by atoms with Crippen molar-refractivity contribution in [2.45, 2.75) is 12.1 Å². The zero-order valence-electron chi connectivity index (χ0n) is 18.7. The molecule has 2 atom stereocenters. The summed E-state index contributed by atoms with van der Waals surface area (Å²) in [6.45, 7) is 2.05. The number of amidine groups is 2. The van der Waals surface area contributed by atoms with E-state index in [1.54, 1.807) is 12.3 Å². The predicted molar refractivity (Wildman–Crippen MR) is 134 cm³/mol. The Bertz CT molecular complexity index is 1210. The highest BCUT2D eigenvalue weighted by molar-refractivity contribution is 7.98. The Morgan fingerprint density at radius 2 is 2.31 bits per heavy atom. The van der Waals surface area contributed by atoms with Crippen molar-refractivity contribution in [2.75, 3.05) is 39.3 Å². The number of rotatable bonds is 6. The second-order valence-electron chi connectivity index (χ2n) is 7.87. The fraction of sp³-hybridized carbons (Fsp3) is 0.364. The van der Waals surface area contributed by atoms with Crippen molar-refractivity contribution in [3.05, 3.63) is 62.5 Å². The highest BCUT2D eigenvalue weighted by Gasteiger charge is 2.37. The summed E-state index contributed by atoms with van der Waals surface area (Å²) in [7, 11) is 1.32. The number of aliphatic imine (C=N–C) groups is 2. The van der Waals surface area contributed by atoms with Crippen LogP contribution in [0.1, 0.15) is 16.6 Å². The first-order chi connectivity index (χ1) is 17.0. The molecule has 5 rings (SSSR count). The topological polar surface area (TPSA) is 100 Å². The molecule has 1 fully saturated rings. The summed E-state index contributed by atoms with van der Waals surface area (Å²) in [6.07, 6.45) is 1.68. The van der Waals surface area contributed by atoms with E-state index in [1.807, 2.05) is 5.38 Å². The van der Waals surface area contributed by atoms with Gasteiger partial charge in [0, 0.05) is 40.9 Å². The van der Waals surface area contributed by atoms with Crippen LogP contribution in [-0.4, -0.2) is 72.9 Å². The van der Waals surface area contributed by atoms with E-state index >= 15 is 0 Å². The molecule has 0 radical (unpaired) electrons. The molecule has 3 aliphatic heterocycles. The summed E-state index contributed by atoms with van der Waals surface area (Å²) in [6, 6.07) is 3.16. The van der Waals surface area contributed by atoms with E-state index in [9.17, 15) is 9.18 Å². The van der Waals surface area contributed by atoms with Crippen LogP contribution in [0.25, 0.3) is 0 Å². The van der Waals surface area contributed by atoms with Crippen LogP contribution in [0.4, 0.5) is 4.39 Å². The Kier molecular flexibility index (Phi) is 7.35. The highest BCUT2D eigenvalue weighted by Crippen LogP contribution is 2.37. The summed E-state index contributed by atoms with van der Waals surface area (Å²) in [5, 5.41) is 6.00. The molecule has 2 aromatic rings. The molecule has 1 aromatic carbocycles. The molecule has 0 spiro atoms. The van der Waals surface area contributed by atoms with Gasteiger partial charge >= 0.3 is 5.97 Å². The summed E-state index contributed by atoms with van der Waals surface area (Å²) in [5.74, 6) is 0.971. The third-order valence-electron chi connectivity index (χ3n) is 5.82. The Balaban J connectivity index is 1.58. The molecule has 0 aliphatic carbocycles. The van der Waals surface area contributed by atoms with Crippen molar-refractivity contribution < 1.29 is 18.7 Å². The van der Waals surface area contributed by atoms with E-state index < -0.39 is 17.8 Å². The third kappa shape index (κ3) is 5.07. The van der Waals surface area contributed by atoms with E-state index in [4.69, 9.17) is 26.1 Å². The number of carbonyl (C=O) groups excluding carboxylic acids is 1. The van der Waals surface area contributed by atoms with Gasteiger partial charge in [-0.3, -0.25) is 14.9 Å². The zero-order chi connectivity index (χ0) is 24.4. The van der Waals surface area contributed by atoms with Crippen LogP contribution in [0.3, 0.4) is 0 Å². The minimum absolute atomic E-state index is 0.0954. The van der Waals surface area contributed by atoms with Gasteiger partial charge in [0.05, 0.1) is 31.9 Å². The first-order valence-corrected chi connectivity index (χ1v) is 13.0. The van der Waals surface area contributed by atoms with E-state index in [0.29, 0.717) is 59.9 Å². The van der Waals surface area contributed by atoms with Crippen molar-refractivity contribution in [1.29, 1.82) is 0 Å². The number of carbonyl (C=O) groups is 1. The number of halogens is 2. The number of morpholine rings is 1. The van der Waals surface area contributed by atoms with Gasteiger partial charge in [-0.2, -0.15) is 0 Å². The molecule has 184 valence electrons. The standard InChI is InChI=1S/C22H22ClFN6O3S2/c1-32-22(31)17-15(9-30-5-6-33-10-16(30)19-26-11-35-29-19)27-20(21-25-4-7-34-21)28-18(17)13-3-2-12(24)8-14(13)23/h2-4,7-8,16,18H,5-6,9-11H2,1H3,(H,26,29)(H,27,28)/t16-,18-/m0/s1. The van der Waals surface area contributed by atoms with Crippen molar-refractivity contribution in [3.8, 4) is 0 Å². The average Bonchev–Trinajstić information content (AvgIpc) is 3.58. The van der Waals surface area contributed by atoms with Crippen LogP contribution < -0.4 is 10.0 Å². The number of nitrogens with zero attached hydrogens (tertiary/aromatic N) is 4. The molecule has 0 saturated carbocycles. The van der Waals surface area contributed by atoms with Crippen LogP contribution >= 0.6 is 34.9 Å². The second-order valence-corrected chi connectivity index (χ2v) is 9.92. The van der Waals surface area contributed by atoms with Crippen LogP contribution in [-0.2, 0) is 14.3 Å². The summed E-state index contributed by atoms with van der Waals surface area (Å²) < 4.78 is 28.0. The normalized spacial score (nSPS) is 22.8. The van der Waals surface area contributed by atoms with Crippen molar-refractivity contribution in [1.82, 2.24) is 19.9 Å². The van der Waals surface area contributed by atoms with E-state index in [1.165, 1.54) is 42.5 Å². The predicted octanol–water partition coefficient (Wildman–Crippen LogP) is 2.76. The summed E-state index contributed by atoms with van der Waals surface area (Å²) in [4.78, 5) is 29.0. The fourth-order valence-electron chi connectivity index (χ4n) is 4.16. The van der Waals surface area contributed by atoms with E-state index in [0.717, 1.165) is 5.84 Å². The molecule has 9 nitrogen and oxygen atoms in total. The molecule has 13 heteroatoms. The van der Waals surface area contributed by atoms with Crippen molar-refractivity contribution in [2.24, 2.45) is 9.98 Å². The fourth-order valence-corrected chi connectivity index (χ4v) is 5.64. The second kappa shape index (κ2) is 10.6. The van der Waals surface area contributed by atoms with Gasteiger partial charge in [-0.05, 0) is 24.1 Å². The number of hydrogen-bond acceptors (Lipinski definition) is 11. The van der Waals surface area contributed by atoms with Crippen LogP contribution in [0.15, 0.2) is 51.0 Å². The highest BCUT2D eigenvalue weighted by atomic mass is 35.5. The summed E-state index contributed by atoms with van der Waals surface area (Å²) >= 11 is 9.37. The van der Waals surface area contributed by atoms with Gasteiger partial charge in [-0.15, -0.1) is 11.3 Å². The molecule has 0 unspecified atom stereocenters. The Hall–Kier alpha value is -2.51. The molecule has 1 saturated heterocycles. The number of aromatic nitrogens is 1. The number of ether oxygens (including phenoxy) is 2. The monoisotopic (exact) mass is 536 g/mol. The van der Waals surface area contributed by atoms with Gasteiger partial charge in [0.1, 0.15) is 23.6 Å². The van der Waals surface area contributed by atoms with Crippen molar-refractivity contribution >= 4 is 52.5 Å². The summed E-state index contributed by atoms with van der Waals surface area (Å²) in [5.41, 5.74) is 1.42. The smallest absolute Gasteiger partial charge is 0.338 e. The van der Waals surface area contributed by atoms with Crippen LogP contribution in [0, 0.1) is 5.82 Å². The maximum Gasteiger partial charge on any atom is 0.338 e. The van der Waals surface area contributed by atoms with Gasteiger partial charge in [-0.1, -0.05) is 17.7 Å². The Morgan fingerprint density at radius 1 is 1.43 bits per heavy atom. The quantitative estimate of drug-likeness (QED) is 0.429. The van der Waals surface area contributed by atoms with Crippen LogP contribution in [0.2, 0.25) is 5.02 Å². The zero-order valence-corrected chi connectivity index (χ0v) is 21.1. The first kappa shape index (κ1) is 24.2. The number of thiazole rings is 1. The van der Waals surface area contributed by atoms with E-state index in [-0.39, 0.29) is 11.1 Å². The molecule has 3 aliphatic rings. The largest absolute Gasteiger partial charge is 0.466 e. The van der Waals surface area contributed by atoms with Crippen LogP contribution in [0.5, 0.6) is 0 Å². The molecule has 0 bridgehead atoms. The number of nitrogens with one attached hydrogen (secondary N) is 2.